The molecule has 18 heavy (non-hydrogen) atoms. The fourth-order valence-corrected chi connectivity index (χ4v) is 2.59. The van der Waals surface area contributed by atoms with Gasteiger partial charge in [0.25, 0.3) is 5.91 Å². The van der Waals surface area contributed by atoms with Gasteiger partial charge in [-0.2, -0.15) is 5.10 Å². The lowest BCUT2D eigenvalue weighted by Crippen LogP contribution is -2.41. The Morgan fingerprint density at radius 3 is 2.78 bits per heavy atom. The lowest BCUT2D eigenvalue weighted by molar-refractivity contribution is 0.0715. The first-order chi connectivity index (χ1) is 8.65. The Kier molecular flexibility index (Phi) is 4.01. The van der Waals surface area contributed by atoms with E-state index >= 15 is 0 Å². The van der Waals surface area contributed by atoms with Crippen LogP contribution in [0.15, 0.2) is 6.07 Å². The molecule has 0 aliphatic heterocycles. The number of aromatic amines is 1. The van der Waals surface area contributed by atoms with Gasteiger partial charge in [0.1, 0.15) is 5.69 Å². The molecule has 100 valence electrons. The highest BCUT2D eigenvalue weighted by Crippen LogP contribution is 2.35. The summed E-state index contributed by atoms with van der Waals surface area (Å²) < 4.78 is 0. The maximum atomic E-state index is 11.9. The summed E-state index contributed by atoms with van der Waals surface area (Å²) in [7, 11) is 0. The summed E-state index contributed by atoms with van der Waals surface area (Å²) in [5.74, 6) is -0.169. The molecule has 0 unspecified atom stereocenters. The van der Waals surface area contributed by atoms with Crippen molar-refractivity contribution in [3.63, 3.8) is 0 Å². The van der Waals surface area contributed by atoms with E-state index in [9.17, 15) is 9.90 Å². The molecule has 5 nitrogen and oxygen atoms in total. The second-order valence-electron chi connectivity index (χ2n) is 5.34. The summed E-state index contributed by atoms with van der Waals surface area (Å²) in [5.41, 5.74) is 1.16. The van der Waals surface area contributed by atoms with Gasteiger partial charge in [-0.05, 0) is 25.8 Å². The number of rotatable bonds is 4. The lowest BCUT2D eigenvalue weighted by Gasteiger charge is -2.35. The Morgan fingerprint density at radius 1 is 1.50 bits per heavy atom. The van der Waals surface area contributed by atoms with E-state index in [4.69, 9.17) is 0 Å². The highest BCUT2D eigenvalue weighted by molar-refractivity contribution is 5.92. The third-order valence-electron chi connectivity index (χ3n) is 3.81. The van der Waals surface area contributed by atoms with Gasteiger partial charge in [0, 0.05) is 17.7 Å². The highest BCUT2D eigenvalue weighted by Gasteiger charge is 2.31. The van der Waals surface area contributed by atoms with Crippen LogP contribution in [0.25, 0.3) is 0 Å². The second kappa shape index (κ2) is 5.52. The molecule has 1 saturated carbocycles. The fraction of sp³-hybridized carbons (Fsp3) is 0.692. The third-order valence-corrected chi connectivity index (χ3v) is 3.81. The van der Waals surface area contributed by atoms with Crippen molar-refractivity contribution in [3.05, 3.63) is 17.5 Å². The molecule has 1 fully saturated rings. The quantitative estimate of drug-likeness (QED) is 0.756. The number of aryl methyl sites for hydroxylation is 1. The molecule has 0 saturated heterocycles. The molecular weight excluding hydrogens is 230 g/mol. The molecule has 5 heteroatoms. The molecule has 1 amide bonds. The van der Waals surface area contributed by atoms with Crippen molar-refractivity contribution in [2.24, 2.45) is 5.41 Å². The maximum Gasteiger partial charge on any atom is 0.271 e. The highest BCUT2D eigenvalue weighted by atomic mass is 16.3. The van der Waals surface area contributed by atoms with Crippen LogP contribution in [0.3, 0.4) is 0 Å². The van der Waals surface area contributed by atoms with Crippen LogP contribution in [-0.2, 0) is 0 Å². The number of nitrogens with zero attached hydrogens (tertiary/aromatic N) is 1. The van der Waals surface area contributed by atoms with Crippen LogP contribution in [0.4, 0.5) is 0 Å². The maximum absolute atomic E-state index is 11.9. The first-order valence-electron chi connectivity index (χ1n) is 6.56. The predicted octanol–water partition coefficient (Wildman–Crippen LogP) is 1.39. The van der Waals surface area contributed by atoms with Crippen molar-refractivity contribution >= 4 is 5.91 Å². The van der Waals surface area contributed by atoms with E-state index in [0.717, 1.165) is 31.4 Å². The van der Waals surface area contributed by atoms with Crippen molar-refractivity contribution in [1.29, 1.82) is 0 Å². The number of carbonyl (C=O) groups is 1. The van der Waals surface area contributed by atoms with Crippen LogP contribution in [0.1, 0.15) is 48.3 Å². The molecule has 0 aromatic carbocycles. The van der Waals surface area contributed by atoms with Crippen LogP contribution >= 0.6 is 0 Å². The molecule has 1 aliphatic rings. The summed E-state index contributed by atoms with van der Waals surface area (Å²) in [4.78, 5) is 11.9. The summed E-state index contributed by atoms with van der Waals surface area (Å²) in [6, 6.07) is 1.72. The molecule has 1 aromatic heterocycles. The predicted molar refractivity (Wildman–Crippen MR) is 68.3 cm³/mol. The van der Waals surface area contributed by atoms with Crippen LogP contribution in [0.2, 0.25) is 0 Å². The zero-order chi connectivity index (χ0) is 13.0. The van der Waals surface area contributed by atoms with Gasteiger partial charge in [-0.25, -0.2) is 0 Å². The van der Waals surface area contributed by atoms with Gasteiger partial charge in [0.15, 0.2) is 0 Å². The molecule has 1 heterocycles. The minimum atomic E-state index is -0.169. The zero-order valence-electron chi connectivity index (χ0n) is 10.8. The van der Waals surface area contributed by atoms with Crippen LogP contribution < -0.4 is 5.32 Å². The van der Waals surface area contributed by atoms with Gasteiger partial charge in [-0.1, -0.05) is 19.3 Å². The van der Waals surface area contributed by atoms with E-state index in [1.54, 1.807) is 6.07 Å². The summed E-state index contributed by atoms with van der Waals surface area (Å²) in [5, 5.41) is 19.1. The molecule has 0 spiro atoms. The number of hydrogen-bond acceptors (Lipinski definition) is 3. The van der Waals surface area contributed by atoms with Crippen LogP contribution in [-0.4, -0.2) is 34.4 Å². The number of H-pyrrole nitrogens is 1. The van der Waals surface area contributed by atoms with Crippen molar-refractivity contribution in [2.75, 3.05) is 13.2 Å². The molecular formula is C13H21N3O2. The molecule has 1 aliphatic carbocycles. The van der Waals surface area contributed by atoms with E-state index < -0.39 is 0 Å². The van der Waals surface area contributed by atoms with Crippen molar-refractivity contribution in [2.45, 2.75) is 39.0 Å². The topological polar surface area (TPSA) is 78.0 Å². The zero-order valence-corrected chi connectivity index (χ0v) is 10.8. The smallest absolute Gasteiger partial charge is 0.271 e. The van der Waals surface area contributed by atoms with E-state index in [1.807, 2.05) is 6.92 Å². The molecule has 0 atom stereocenters. The van der Waals surface area contributed by atoms with Gasteiger partial charge in [0.2, 0.25) is 0 Å². The average molecular weight is 251 g/mol. The molecule has 3 N–H and O–H groups in total. The first-order valence-corrected chi connectivity index (χ1v) is 6.56. The van der Waals surface area contributed by atoms with Crippen LogP contribution in [0.5, 0.6) is 0 Å². The first kappa shape index (κ1) is 13.1. The Balaban J connectivity index is 1.91. The van der Waals surface area contributed by atoms with Gasteiger partial charge < -0.3 is 10.4 Å². The molecule has 0 radical (unpaired) electrons. The Morgan fingerprint density at radius 2 is 2.22 bits per heavy atom. The van der Waals surface area contributed by atoms with Gasteiger partial charge in [-0.3, -0.25) is 9.89 Å². The van der Waals surface area contributed by atoms with Crippen molar-refractivity contribution in [1.82, 2.24) is 15.5 Å². The van der Waals surface area contributed by atoms with Crippen LogP contribution in [0, 0.1) is 12.3 Å². The molecule has 2 rings (SSSR count). The number of aliphatic hydroxyl groups is 1. The number of amides is 1. The molecule has 0 bridgehead atoms. The SMILES string of the molecule is Cc1cc(C(=O)NCC2(CO)CCCCC2)n[nH]1. The Bertz CT molecular complexity index is 408. The number of aromatic nitrogens is 2. The monoisotopic (exact) mass is 251 g/mol. The van der Waals surface area contributed by atoms with Gasteiger partial charge in [-0.15, -0.1) is 0 Å². The number of hydrogen-bond donors (Lipinski definition) is 3. The summed E-state index contributed by atoms with van der Waals surface area (Å²) >= 11 is 0. The Hall–Kier alpha value is -1.36. The summed E-state index contributed by atoms with van der Waals surface area (Å²) in [6.45, 7) is 2.54. The lowest BCUT2D eigenvalue weighted by atomic mass is 9.74. The van der Waals surface area contributed by atoms with E-state index in [2.05, 4.69) is 15.5 Å². The Labute approximate surface area is 107 Å². The van der Waals surface area contributed by atoms with E-state index in [1.165, 1.54) is 6.42 Å². The standard InChI is InChI=1S/C13H21N3O2/c1-10-7-11(16-15-10)12(18)14-8-13(9-17)5-3-2-4-6-13/h7,17H,2-6,8-9H2,1H3,(H,14,18)(H,15,16). The van der Waals surface area contributed by atoms with E-state index in [-0.39, 0.29) is 17.9 Å². The molecule has 1 aromatic rings. The fourth-order valence-electron chi connectivity index (χ4n) is 2.59. The average Bonchev–Trinajstić information content (AvgIpc) is 2.84. The van der Waals surface area contributed by atoms with Crippen molar-refractivity contribution in [3.8, 4) is 0 Å². The minimum absolute atomic E-state index is 0.126. The third kappa shape index (κ3) is 2.90. The van der Waals surface area contributed by atoms with Gasteiger partial charge in [0.05, 0.1) is 6.61 Å². The number of nitrogens with one attached hydrogen (secondary N) is 2. The number of carbonyl (C=O) groups excluding carboxylic acids is 1. The largest absolute Gasteiger partial charge is 0.396 e. The van der Waals surface area contributed by atoms with Gasteiger partial charge >= 0.3 is 0 Å². The van der Waals surface area contributed by atoms with E-state index in [0.29, 0.717) is 12.2 Å². The number of aliphatic hydroxyl groups excluding tert-OH is 1. The van der Waals surface area contributed by atoms with Crippen molar-refractivity contribution < 1.29 is 9.90 Å². The minimum Gasteiger partial charge on any atom is -0.396 e. The normalized spacial score (nSPS) is 18.6. The summed E-state index contributed by atoms with van der Waals surface area (Å²) in [6.07, 6.45) is 5.48. The second-order valence-corrected chi connectivity index (χ2v) is 5.34.